The fourth-order valence-electron chi connectivity index (χ4n) is 1.10. The summed E-state index contributed by atoms with van der Waals surface area (Å²) >= 11 is 2.02. The van der Waals surface area contributed by atoms with Gasteiger partial charge in [0.05, 0.1) is 0 Å². The SMILES string of the molecule is CCN(I)C(CCCN=C(N)N)C(=O)O. The van der Waals surface area contributed by atoms with Crippen molar-refractivity contribution in [2.24, 2.45) is 16.5 Å². The van der Waals surface area contributed by atoms with E-state index in [1.165, 1.54) is 0 Å². The van der Waals surface area contributed by atoms with E-state index in [0.29, 0.717) is 25.9 Å². The number of rotatable bonds is 7. The summed E-state index contributed by atoms with van der Waals surface area (Å²) in [5.74, 6) is -0.764. The maximum Gasteiger partial charge on any atom is 0.321 e. The van der Waals surface area contributed by atoms with Crippen LogP contribution in [0.2, 0.25) is 0 Å². The molecular weight excluding hydrogens is 311 g/mol. The highest BCUT2D eigenvalue weighted by atomic mass is 127. The standard InChI is InChI=1S/C8H17IN4O2/c1-2-13(9)6(7(14)15)4-3-5-12-8(10)11/h6H,2-5H2,1H3,(H,14,15)(H4,10,11,12). The average Bonchev–Trinajstić information content (AvgIpc) is 2.15. The zero-order chi connectivity index (χ0) is 11.8. The lowest BCUT2D eigenvalue weighted by atomic mass is 10.1. The van der Waals surface area contributed by atoms with Crippen molar-refractivity contribution >= 4 is 34.8 Å². The van der Waals surface area contributed by atoms with Crippen LogP contribution in [0.5, 0.6) is 0 Å². The molecule has 0 spiro atoms. The molecule has 0 bridgehead atoms. The molecule has 15 heavy (non-hydrogen) atoms. The number of nitrogens with zero attached hydrogens (tertiary/aromatic N) is 2. The monoisotopic (exact) mass is 328 g/mol. The van der Waals surface area contributed by atoms with Gasteiger partial charge in [0.25, 0.3) is 0 Å². The highest BCUT2D eigenvalue weighted by Crippen LogP contribution is 2.12. The molecule has 0 saturated carbocycles. The lowest BCUT2D eigenvalue weighted by Gasteiger charge is -2.20. The first-order valence-electron chi connectivity index (χ1n) is 4.69. The molecule has 0 radical (unpaired) electrons. The van der Waals surface area contributed by atoms with E-state index >= 15 is 0 Å². The second-order valence-corrected chi connectivity index (χ2v) is 4.26. The molecule has 5 N–H and O–H groups in total. The Hall–Kier alpha value is -0.570. The first-order valence-corrected chi connectivity index (χ1v) is 5.66. The molecule has 0 aliphatic rings. The van der Waals surface area contributed by atoms with Crippen LogP contribution in [0.3, 0.4) is 0 Å². The van der Waals surface area contributed by atoms with Crippen LogP contribution in [-0.2, 0) is 4.79 Å². The molecule has 0 rings (SSSR count). The lowest BCUT2D eigenvalue weighted by molar-refractivity contribution is -0.141. The molecule has 0 aromatic rings. The van der Waals surface area contributed by atoms with Gasteiger partial charge in [0.15, 0.2) is 5.96 Å². The summed E-state index contributed by atoms with van der Waals surface area (Å²) in [5.41, 5.74) is 10.3. The number of guanidine groups is 1. The maximum atomic E-state index is 10.9. The Balaban J connectivity index is 3.98. The van der Waals surface area contributed by atoms with Crippen molar-refractivity contribution in [3.63, 3.8) is 0 Å². The molecule has 88 valence electrons. The van der Waals surface area contributed by atoms with E-state index in [9.17, 15) is 4.79 Å². The molecule has 0 aromatic carbocycles. The van der Waals surface area contributed by atoms with Crippen molar-refractivity contribution in [2.75, 3.05) is 13.1 Å². The first kappa shape index (κ1) is 14.4. The van der Waals surface area contributed by atoms with Crippen molar-refractivity contribution in [3.8, 4) is 0 Å². The summed E-state index contributed by atoms with van der Waals surface area (Å²) in [5, 5.41) is 8.95. The zero-order valence-electron chi connectivity index (χ0n) is 8.69. The molecule has 0 aliphatic heterocycles. The number of carboxylic acids is 1. The minimum Gasteiger partial charge on any atom is -0.480 e. The molecule has 0 fully saturated rings. The predicted molar refractivity (Wildman–Crippen MR) is 67.7 cm³/mol. The number of carboxylic acid groups (broad SMARTS) is 1. The summed E-state index contributed by atoms with van der Waals surface area (Å²) in [6.07, 6.45) is 1.21. The van der Waals surface area contributed by atoms with Gasteiger partial charge in [0.1, 0.15) is 6.04 Å². The van der Waals surface area contributed by atoms with Crippen LogP contribution in [0, 0.1) is 0 Å². The minimum atomic E-state index is -0.809. The quantitative estimate of drug-likeness (QED) is 0.203. The van der Waals surface area contributed by atoms with Gasteiger partial charge in [-0.1, -0.05) is 6.92 Å². The molecule has 0 aliphatic carbocycles. The number of hydrogen-bond acceptors (Lipinski definition) is 3. The first-order chi connectivity index (χ1) is 6.99. The average molecular weight is 328 g/mol. The van der Waals surface area contributed by atoms with Gasteiger partial charge < -0.3 is 16.6 Å². The van der Waals surface area contributed by atoms with Crippen molar-refractivity contribution in [1.29, 1.82) is 0 Å². The summed E-state index contributed by atoms with van der Waals surface area (Å²) < 4.78 is 1.76. The lowest BCUT2D eigenvalue weighted by Crippen LogP contribution is -2.34. The second-order valence-electron chi connectivity index (χ2n) is 3.02. The molecular formula is C8H17IN4O2. The molecule has 1 unspecified atom stereocenters. The number of likely N-dealkylation sites (N-methyl/N-ethyl adjacent to an activating group) is 1. The Morgan fingerprint density at radius 1 is 1.60 bits per heavy atom. The number of aliphatic carboxylic acids is 1. The summed E-state index contributed by atoms with van der Waals surface area (Å²) in [7, 11) is 0. The van der Waals surface area contributed by atoms with Gasteiger partial charge >= 0.3 is 5.97 Å². The topological polar surface area (TPSA) is 105 Å². The fraction of sp³-hybridized carbons (Fsp3) is 0.750. The molecule has 1 atom stereocenters. The van der Waals surface area contributed by atoms with Crippen molar-refractivity contribution in [2.45, 2.75) is 25.8 Å². The van der Waals surface area contributed by atoms with E-state index in [2.05, 4.69) is 4.99 Å². The maximum absolute atomic E-state index is 10.9. The number of hydrogen-bond donors (Lipinski definition) is 3. The fourth-order valence-corrected chi connectivity index (χ4v) is 1.61. The molecule has 0 saturated heterocycles. The predicted octanol–water partition coefficient (Wildman–Crippen LogP) is 0.165. The number of aliphatic imine (C=N–C) groups is 1. The van der Waals surface area contributed by atoms with Gasteiger partial charge in [0.2, 0.25) is 0 Å². The number of halogens is 1. The van der Waals surface area contributed by atoms with E-state index < -0.39 is 12.0 Å². The third kappa shape index (κ3) is 6.50. The van der Waals surface area contributed by atoms with Crippen LogP contribution in [0.15, 0.2) is 4.99 Å². The van der Waals surface area contributed by atoms with Gasteiger partial charge in [-0.25, -0.2) is 3.11 Å². The van der Waals surface area contributed by atoms with Gasteiger partial charge in [-0.05, 0) is 12.8 Å². The smallest absolute Gasteiger partial charge is 0.321 e. The number of carbonyl (C=O) groups is 1. The molecule has 0 heterocycles. The summed E-state index contributed by atoms with van der Waals surface area (Å²) in [6, 6.07) is -0.468. The van der Waals surface area contributed by atoms with Gasteiger partial charge in [-0.3, -0.25) is 9.79 Å². The molecule has 0 amide bonds. The molecule has 6 nitrogen and oxygen atoms in total. The Morgan fingerprint density at radius 3 is 2.60 bits per heavy atom. The normalized spacial score (nSPS) is 12.5. The molecule has 0 aromatic heterocycles. The zero-order valence-corrected chi connectivity index (χ0v) is 10.8. The summed E-state index contributed by atoms with van der Waals surface area (Å²) in [4.78, 5) is 14.7. The van der Waals surface area contributed by atoms with E-state index in [1.807, 2.05) is 29.8 Å². The third-order valence-electron chi connectivity index (χ3n) is 1.86. The van der Waals surface area contributed by atoms with E-state index in [0.717, 1.165) is 0 Å². The van der Waals surface area contributed by atoms with Crippen LogP contribution in [0.1, 0.15) is 19.8 Å². The van der Waals surface area contributed by atoms with Crippen molar-refractivity contribution in [3.05, 3.63) is 0 Å². The Kier molecular flexibility index (Phi) is 7.39. The Bertz CT molecular complexity index is 231. The van der Waals surface area contributed by atoms with E-state index in [4.69, 9.17) is 16.6 Å². The van der Waals surface area contributed by atoms with Crippen LogP contribution < -0.4 is 11.5 Å². The largest absolute Gasteiger partial charge is 0.480 e. The van der Waals surface area contributed by atoms with Gasteiger partial charge in [-0.15, -0.1) is 0 Å². The highest BCUT2D eigenvalue weighted by molar-refractivity contribution is 14.1. The van der Waals surface area contributed by atoms with Crippen LogP contribution in [0.25, 0.3) is 0 Å². The molecule has 7 heteroatoms. The van der Waals surface area contributed by atoms with Crippen molar-refractivity contribution < 1.29 is 9.90 Å². The number of nitrogens with two attached hydrogens (primary N) is 2. The van der Waals surface area contributed by atoms with Gasteiger partial charge in [0, 0.05) is 36.0 Å². The Labute approximate surface area is 103 Å². The Morgan fingerprint density at radius 2 is 2.20 bits per heavy atom. The summed E-state index contributed by atoms with van der Waals surface area (Å²) in [6.45, 7) is 3.08. The van der Waals surface area contributed by atoms with Crippen LogP contribution in [-0.4, -0.2) is 39.3 Å². The minimum absolute atomic E-state index is 0.0451. The van der Waals surface area contributed by atoms with Gasteiger partial charge in [-0.2, -0.15) is 0 Å². The second kappa shape index (κ2) is 7.69. The van der Waals surface area contributed by atoms with Crippen LogP contribution >= 0.6 is 22.9 Å². The third-order valence-corrected chi connectivity index (χ3v) is 3.21. The van der Waals surface area contributed by atoms with Crippen LogP contribution in [0.4, 0.5) is 0 Å². The van der Waals surface area contributed by atoms with E-state index in [-0.39, 0.29) is 5.96 Å². The van der Waals surface area contributed by atoms with E-state index in [1.54, 1.807) is 3.11 Å². The highest BCUT2D eigenvalue weighted by Gasteiger charge is 2.21. The van der Waals surface area contributed by atoms with Crippen molar-refractivity contribution in [1.82, 2.24) is 3.11 Å².